The molecule has 0 bridgehead atoms. The highest BCUT2D eigenvalue weighted by Gasteiger charge is 2.22. The summed E-state index contributed by atoms with van der Waals surface area (Å²) in [6.45, 7) is 0. The maximum absolute atomic E-state index is 11.0. The summed E-state index contributed by atoms with van der Waals surface area (Å²) < 4.78 is 0. The van der Waals surface area contributed by atoms with Crippen molar-refractivity contribution in [1.82, 2.24) is 0 Å². The minimum absolute atomic E-state index is 0.129. The molecule has 2 rings (SSSR count). The van der Waals surface area contributed by atoms with Gasteiger partial charge in [0.15, 0.2) is 0 Å². The van der Waals surface area contributed by atoms with Crippen molar-refractivity contribution in [3.8, 4) is 0 Å². The van der Waals surface area contributed by atoms with E-state index in [2.05, 4.69) is 24.3 Å². The van der Waals surface area contributed by atoms with Gasteiger partial charge < -0.3 is 0 Å². The van der Waals surface area contributed by atoms with Gasteiger partial charge >= 0.3 is 0 Å². The van der Waals surface area contributed by atoms with Crippen molar-refractivity contribution in [2.45, 2.75) is 6.42 Å². The van der Waals surface area contributed by atoms with Crippen LogP contribution in [0.5, 0.6) is 0 Å². The van der Waals surface area contributed by atoms with E-state index in [-0.39, 0.29) is 7.92 Å². The van der Waals surface area contributed by atoms with Gasteiger partial charge in [-0.05, 0) is 11.5 Å². The molecule has 1 aromatic rings. The third-order valence-corrected chi connectivity index (χ3v) is 4.68. The van der Waals surface area contributed by atoms with Crippen molar-refractivity contribution in [2.24, 2.45) is 0 Å². The van der Waals surface area contributed by atoms with E-state index in [0.717, 1.165) is 18.7 Å². The third-order valence-electron chi connectivity index (χ3n) is 2.15. The Labute approximate surface area is 73.5 Å². The van der Waals surface area contributed by atoms with Gasteiger partial charge in [0, 0.05) is 12.6 Å². The normalized spacial score (nSPS) is 23.0. The smallest absolute Gasteiger partial charge is 0.137 e. The molecule has 0 amide bonds. The Morgan fingerprint density at radius 2 is 1.92 bits per heavy atom. The summed E-state index contributed by atoms with van der Waals surface area (Å²) in [7, 11) is -0.129. The molecule has 0 aromatic heterocycles. The Balaban J connectivity index is 2.16. The molecule has 0 saturated carbocycles. The number of hydrogen-bond acceptors (Lipinski definition) is 1. The average Bonchev–Trinajstić information content (AvgIpc) is 2.54. The topological polar surface area (TPSA) is 17.1 Å². The highest BCUT2D eigenvalue weighted by atomic mass is 31.1. The monoisotopic (exact) mass is 178 g/mol. The van der Waals surface area contributed by atoms with Crippen molar-refractivity contribution >= 4 is 19.0 Å². The van der Waals surface area contributed by atoms with Crippen LogP contribution in [-0.2, 0) is 4.79 Å². The minimum Gasteiger partial charge on any atom is -0.299 e. The molecule has 1 aromatic carbocycles. The van der Waals surface area contributed by atoms with Crippen LogP contribution in [-0.4, -0.2) is 18.1 Å². The Kier molecular flexibility index (Phi) is 2.23. The summed E-state index contributed by atoms with van der Waals surface area (Å²) in [5.74, 6) is 0.449. The fourth-order valence-electron chi connectivity index (χ4n) is 1.49. The second-order valence-corrected chi connectivity index (χ2v) is 5.41. The molecule has 1 nitrogen and oxygen atoms in total. The highest BCUT2D eigenvalue weighted by Crippen LogP contribution is 2.40. The molecule has 2 heteroatoms. The summed E-state index contributed by atoms with van der Waals surface area (Å²) in [6, 6.07) is 10.4. The summed E-state index contributed by atoms with van der Waals surface area (Å²) in [6.07, 6.45) is 2.73. The number of ketones is 1. The Morgan fingerprint density at radius 1 is 1.17 bits per heavy atom. The van der Waals surface area contributed by atoms with Crippen molar-refractivity contribution in [3.05, 3.63) is 30.3 Å². The van der Waals surface area contributed by atoms with E-state index in [4.69, 9.17) is 0 Å². The van der Waals surface area contributed by atoms with Crippen LogP contribution in [0.2, 0.25) is 0 Å². The molecule has 12 heavy (non-hydrogen) atoms. The number of Topliss-reactive ketones (excluding diaryl/α,β-unsaturated/α-hetero) is 1. The van der Waals surface area contributed by atoms with E-state index >= 15 is 0 Å². The molecule has 62 valence electrons. The first-order valence-corrected chi connectivity index (χ1v) is 5.89. The first kappa shape index (κ1) is 7.94. The van der Waals surface area contributed by atoms with Gasteiger partial charge in [0.05, 0.1) is 0 Å². The van der Waals surface area contributed by atoms with Crippen LogP contribution in [0.15, 0.2) is 30.3 Å². The lowest BCUT2D eigenvalue weighted by Crippen LogP contribution is -2.01. The number of carbonyl (C=O) groups is 1. The third kappa shape index (κ3) is 1.56. The zero-order chi connectivity index (χ0) is 8.39. The largest absolute Gasteiger partial charge is 0.299 e. The van der Waals surface area contributed by atoms with Crippen LogP contribution in [0.1, 0.15) is 6.42 Å². The molecule has 1 saturated heterocycles. The second-order valence-electron chi connectivity index (χ2n) is 3.05. The summed E-state index contributed by atoms with van der Waals surface area (Å²) in [5, 5.41) is 1.39. The molecular weight excluding hydrogens is 167 g/mol. The van der Waals surface area contributed by atoms with Gasteiger partial charge in [-0.25, -0.2) is 0 Å². The van der Waals surface area contributed by atoms with Crippen LogP contribution >= 0.6 is 7.92 Å². The molecule has 1 atom stereocenters. The lowest BCUT2D eigenvalue weighted by Gasteiger charge is -2.07. The minimum atomic E-state index is -0.129. The van der Waals surface area contributed by atoms with Crippen molar-refractivity contribution < 1.29 is 4.79 Å². The van der Waals surface area contributed by atoms with Gasteiger partial charge in [-0.1, -0.05) is 38.3 Å². The van der Waals surface area contributed by atoms with Gasteiger partial charge in [0.2, 0.25) is 0 Å². The predicted molar refractivity (Wildman–Crippen MR) is 52.4 cm³/mol. The molecular formula is C10H11OP. The Morgan fingerprint density at radius 3 is 2.50 bits per heavy atom. The van der Waals surface area contributed by atoms with E-state index in [9.17, 15) is 4.79 Å². The predicted octanol–water partition coefficient (Wildman–Crippen LogP) is 1.77. The SMILES string of the molecule is O=C1CCP(c2ccccc2)C1. The summed E-state index contributed by atoms with van der Waals surface area (Å²) in [4.78, 5) is 11.0. The number of benzene rings is 1. The summed E-state index contributed by atoms with van der Waals surface area (Å²) >= 11 is 0. The van der Waals surface area contributed by atoms with Gasteiger partial charge in [-0.3, -0.25) is 4.79 Å². The van der Waals surface area contributed by atoms with Crippen molar-refractivity contribution in [3.63, 3.8) is 0 Å². The van der Waals surface area contributed by atoms with E-state index in [1.54, 1.807) is 0 Å². The average molecular weight is 178 g/mol. The number of hydrogen-bond donors (Lipinski definition) is 0. The van der Waals surface area contributed by atoms with Crippen LogP contribution < -0.4 is 5.30 Å². The quantitative estimate of drug-likeness (QED) is 0.599. The standard InChI is InChI=1S/C10H11OP/c11-9-6-7-12(8-9)10-4-2-1-3-5-10/h1-5H,6-8H2. The van der Waals surface area contributed by atoms with Crippen LogP contribution in [0, 0.1) is 0 Å². The van der Waals surface area contributed by atoms with Crippen molar-refractivity contribution in [1.29, 1.82) is 0 Å². The molecule has 0 spiro atoms. The second kappa shape index (κ2) is 3.37. The molecule has 0 aliphatic carbocycles. The number of rotatable bonds is 1. The van der Waals surface area contributed by atoms with Gasteiger partial charge in [0.25, 0.3) is 0 Å². The van der Waals surface area contributed by atoms with Crippen LogP contribution in [0.25, 0.3) is 0 Å². The van der Waals surface area contributed by atoms with Crippen LogP contribution in [0.4, 0.5) is 0 Å². The fourth-order valence-corrected chi connectivity index (χ4v) is 3.79. The highest BCUT2D eigenvalue weighted by molar-refractivity contribution is 7.67. The van der Waals surface area contributed by atoms with E-state index < -0.39 is 0 Å². The molecule has 1 aliphatic heterocycles. The van der Waals surface area contributed by atoms with E-state index in [1.807, 2.05) is 6.07 Å². The van der Waals surface area contributed by atoms with Gasteiger partial charge in [0.1, 0.15) is 5.78 Å². The lowest BCUT2D eigenvalue weighted by molar-refractivity contribution is -0.115. The maximum atomic E-state index is 11.0. The Hall–Kier alpha value is -0.680. The van der Waals surface area contributed by atoms with Crippen molar-refractivity contribution in [2.75, 3.05) is 12.3 Å². The summed E-state index contributed by atoms with van der Waals surface area (Å²) in [5.41, 5.74) is 0. The Bertz CT molecular complexity index is 281. The van der Waals surface area contributed by atoms with Gasteiger partial charge in [-0.15, -0.1) is 0 Å². The zero-order valence-corrected chi connectivity index (χ0v) is 7.76. The first-order valence-electron chi connectivity index (χ1n) is 4.18. The molecule has 0 N–H and O–H groups in total. The molecule has 1 heterocycles. The van der Waals surface area contributed by atoms with Gasteiger partial charge in [-0.2, -0.15) is 0 Å². The van der Waals surface area contributed by atoms with Crippen LogP contribution in [0.3, 0.4) is 0 Å². The lowest BCUT2D eigenvalue weighted by atomic mass is 10.4. The molecule has 0 radical (unpaired) electrons. The number of carbonyl (C=O) groups excluding carboxylic acids is 1. The first-order chi connectivity index (χ1) is 5.86. The van der Waals surface area contributed by atoms with E-state index in [0.29, 0.717) is 5.78 Å². The fraction of sp³-hybridized carbons (Fsp3) is 0.300. The molecule has 1 aliphatic rings. The molecule has 1 fully saturated rings. The maximum Gasteiger partial charge on any atom is 0.137 e. The zero-order valence-electron chi connectivity index (χ0n) is 6.86. The molecule has 1 unspecified atom stereocenters. The van der Waals surface area contributed by atoms with E-state index in [1.165, 1.54) is 5.30 Å².